The second kappa shape index (κ2) is 10.9. The van der Waals surface area contributed by atoms with Crippen molar-refractivity contribution in [2.24, 2.45) is 0 Å². The number of para-hydroxylation sites is 3. The molecule has 1 heterocycles. The first-order valence-corrected chi connectivity index (χ1v) is 12.8. The van der Waals surface area contributed by atoms with Gasteiger partial charge in [-0.3, -0.25) is 15.0 Å². The van der Waals surface area contributed by atoms with Gasteiger partial charge in [-0.05, 0) is 36.2 Å². The summed E-state index contributed by atoms with van der Waals surface area (Å²) in [6.07, 6.45) is 0.660. The van der Waals surface area contributed by atoms with Gasteiger partial charge in [0.15, 0.2) is 11.5 Å². The van der Waals surface area contributed by atoms with Gasteiger partial charge in [0.1, 0.15) is 5.75 Å². The molecule has 0 spiro atoms. The molecule has 184 valence electrons. The molecular weight excluding hydrogens is 470 g/mol. The first-order valence-electron chi connectivity index (χ1n) is 11.2. The van der Waals surface area contributed by atoms with E-state index in [-0.39, 0.29) is 17.3 Å². The molecule has 10 heteroatoms. The van der Waals surface area contributed by atoms with Gasteiger partial charge >= 0.3 is 0 Å². The average Bonchev–Trinajstić information content (AvgIpc) is 3.25. The zero-order valence-electron chi connectivity index (χ0n) is 19.3. The van der Waals surface area contributed by atoms with Gasteiger partial charge in [-0.2, -0.15) is 0 Å². The first-order chi connectivity index (χ1) is 16.8. The summed E-state index contributed by atoms with van der Waals surface area (Å²) in [4.78, 5) is 12.8. The number of nitro benzene ring substituents is 1. The summed E-state index contributed by atoms with van der Waals surface area (Å²) < 4.78 is 39.4. The van der Waals surface area contributed by atoms with Crippen molar-refractivity contribution in [1.82, 2.24) is 9.62 Å². The summed E-state index contributed by atoms with van der Waals surface area (Å²) in [5.74, 6) is 1.53. The Kier molecular flexibility index (Phi) is 7.64. The minimum absolute atomic E-state index is 0.173. The van der Waals surface area contributed by atoms with Crippen LogP contribution in [0.5, 0.6) is 17.2 Å². The van der Waals surface area contributed by atoms with Gasteiger partial charge in [-0.25, -0.2) is 13.1 Å². The minimum Gasteiger partial charge on any atom is -0.493 e. The Bertz CT molecular complexity index is 1300. The normalized spacial score (nSPS) is 16.2. The Labute approximate surface area is 204 Å². The lowest BCUT2D eigenvalue weighted by Gasteiger charge is -2.17. The Morgan fingerprint density at radius 3 is 2.57 bits per heavy atom. The summed E-state index contributed by atoms with van der Waals surface area (Å²) in [7, 11) is -2.14. The Morgan fingerprint density at radius 1 is 1.06 bits per heavy atom. The van der Waals surface area contributed by atoms with E-state index in [1.165, 1.54) is 18.2 Å². The number of ether oxygens (including phenoxy) is 2. The summed E-state index contributed by atoms with van der Waals surface area (Å²) in [5.41, 5.74) is 1.02. The summed E-state index contributed by atoms with van der Waals surface area (Å²) in [5, 5.41) is 11.2. The number of nitrogens with zero attached hydrogens (tertiary/aromatic N) is 2. The third kappa shape index (κ3) is 6.56. The lowest BCUT2D eigenvalue weighted by molar-refractivity contribution is -0.385. The summed E-state index contributed by atoms with van der Waals surface area (Å²) in [6.45, 7) is 1.93. The molecule has 3 aromatic carbocycles. The molecule has 3 aromatic rings. The average molecular weight is 498 g/mol. The molecule has 0 aliphatic carbocycles. The van der Waals surface area contributed by atoms with Crippen LogP contribution in [0, 0.1) is 10.1 Å². The lowest BCUT2D eigenvalue weighted by Crippen LogP contribution is -2.37. The van der Waals surface area contributed by atoms with Gasteiger partial charge in [0.05, 0.1) is 17.8 Å². The van der Waals surface area contributed by atoms with Crippen molar-refractivity contribution in [1.29, 1.82) is 0 Å². The van der Waals surface area contributed by atoms with Crippen molar-refractivity contribution in [3.63, 3.8) is 0 Å². The summed E-state index contributed by atoms with van der Waals surface area (Å²) >= 11 is 0. The van der Waals surface area contributed by atoms with E-state index >= 15 is 0 Å². The first kappa shape index (κ1) is 24.6. The van der Waals surface area contributed by atoms with Gasteiger partial charge in [0.25, 0.3) is 5.69 Å². The van der Waals surface area contributed by atoms with Crippen LogP contribution in [-0.2, 0) is 22.3 Å². The second-order valence-electron chi connectivity index (χ2n) is 8.38. The van der Waals surface area contributed by atoms with Crippen molar-refractivity contribution in [2.75, 3.05) is 20.2 Å². The number of methoxy groups -OCH3 is 1. The highest BCUT2D eigenvalue weighted by Gasteiger charge is 2.28. The predicted molar refractivity (Wildman–Crippen MR) is 132 cm³/mol. The van der Waals surface area contributed by atoms with Crippen LogP contribution in [0.25, 0.3) is 0 Å². The molecule has 1 aliphatic rings. The molecule has 0 saturated carbocycles. The maximum atomic E-state index is 12.7. The van der Waals surface area contributed by atoms with E-state index in [0.29, 0.717) is 36.8 Å². The SMILES string of the molecule is COc1ccccc1Oc1cccc(CN2CC[C@@H](NS(=O)(=O)Cc3ccccc3[N+](=O)[O-])C2)c1. The lowest BCUT2D eigenvalue weighted by atomic mass is 10.2. The van der Waals surface area contributed by atoms with Crippen LogP contribution in [0.4, 0.5) is 5.69 Å². The fourth-order valence-corrected chi connectivity index (χ4v) is 5.62. The summed E-state index contributed by atoms with van der Waals surface area (Å²) in [6, 6.07) is 20.8. The molecule has 0 bridgehead atoms. The molecule has 1 fully saturated rings. The standard InChI is InChI=1S/C25H27N3O6S/c1-33-24-11-4-5-12-25(24)34-22-9-6-7-19(15-22)16-27-14-13-21(17-27)26-35(31,32)18-20-8-2-3-10-23(20)28(29)30/h2-12,15,21,26H,13-14,16-18H2,1H3/t21-/m1/s1. The highest BCUT2D eigenvalue weighted by molar-refractivity contribution is 7.88. The highest BCUT2D eigenvalue weighted by atomic mass is 32.2. The Morgan fingerprint density at radius 2 is 1.80 bits per heavy atom. The molecule has 0 radical (unpaired) electrons. The minimum atomic E-state index is -3.73. The van der Waals surface area contributed by atoms with Gasteiger partial charge in [0.2, 0.25) is 10.0 Å². The molecule has 0 unspecified atom stereocenters. The molecule has 1 atom stereocenters. The van der Waals surface area contributed by atoms with E-state index in [9.17, 15) is 18.5 Å². The Hall–Kier alpha value is -3.47. The fraction of sp³-hybridized carbons (Fsp3) is 0.280. The number of sulfonamides is 1. The number of benzene rings is 3. The molecule has 1 saturated heterocycles. The second-order valence-corrected chi connectivity index (χ2v) is 10.1. The van der Waals surface area contributed by atoms with E-state index in [1.807, 2.05) is 48.5 Å². The van der Waals surface area contributed by atoms with Crippen LogP contribution in [0.1, 0.15) is 17.5 Å². The van der Waals surface area contributed by atoms with Gasteiger partial charge < -0.3 is 9.47 Å². The van der Waals surface area contributed by atoms with Crippen molar-refractivity contribution >= 4 is 15.7 Å². The number of likely N-dealkylation sites (tertiary alicyclic amines) is 1. The van der Waals surface area contributed by atoms with Crippen LogP contribution in [0.3, 0.4) is 0 Å². The maximum absolute atomic E-state index is 12.7. The maximum Gasteiger partial charge on any atom is 0.273 e. The predicted octanol–water partition coefficient (Wildman–Crippen LogP) is 4.09. The number of hydrogen-bond acceptors (Lipinski definition) is 7. The molecule has 35 heavy (non-hydrogen) atoms. The molecule has 0 aromatic heterocycles. The van der Waals surface area contributed by atoms with Gasteiger partial charge in [-0.1, -0.05) is 42.5 Å². The topological polar surface area (TPSA) is 111 Å². The van der Waals surface area contributed by atoms with Crippen LogP contribution in [0.2, 0.25) is 0 Å². The number of hydrogen-bond donors (Lipinski definition) is 1. The van der Waals surface area contributed by atoms with Gasteiger partial charge in [-0.15, -0.1) is 0 Å². The quantitative estimate of drug-likeness (QED) is 0.332. The van der Waals surface area contributed by atoms with Gasteiger partial charge in [0, 0.05) is 37.3 Å². The van der Waals surface area contributed by atoms with E-state index in [4.69, 9.17) is 9.47 Å². The van der Waals surface area contributed by atoms with Crippen molar-refractivity contribution in [2.45, 2.75) is 24.8 Å². The number of nitrogens with one attached hydrogen (secondary N) is 1. The molecule has 9 nitrogen and oxygen atoms in total. The monoisotopic (exact) mass is 497 g/mol. The zero-order chi connectivity index (χ0) is 24.8. The largest absolute Gasteiger partial charge is 0.493 e. The van der Waals surface area contributed by atoms with Crippen molar-refractivity contribution < 1.29 is 22.8 Å². The smallest absolute Gasteiger partial charge is 0.273 e. The highest BCUT2D eigenvalue weighted by Crippen LogP contribution is 2.31. The van der Waals surface area contributed by atoms with Crippen molar-refractivity contribution in [3.05, 3.63) is 94.0 Å². The fourth-order valence-electron chi connectivity index (χ4n) is 4.18. The van der Waals surface area contributed by atoms with Crippen LogP contribution < -0.4 is 14.2 Å². The molecule has 1 N–H and O–H groups in total. The molecule has 1 aliphatic heterocycles. The number of nitro groups is 1. The van der Waals surface area contributed by atoms with Crippen LogP contribution in [0.15, 0.2) is 72.8 Å². The van der Waals surface area contributed by atoms with Crippen LogP contribution >= 0.6 is 0 Å². The number of rotatable bonds is 10. The third-order valence-corrected chi connectivity index (χ3v) is 7.14. The van der Waals surface area contributed by atoms with E-state index in [1.54, 1.807) is 13.2 Å². The van der Waals surface area contributed by atoms with E-state index < -0.39 is 20.7 Å². The third-order valence-electron chi connectivity index (χ3n) is 5.75. The van der Waals surface area contributed by atoms with Crippen molar-refractivity contribution in [3.8, 4) is 17.2 Å². The molecular formula is C25H27N3O6S. The zero-order valence-corrected chi connectivity index (χ0v) is 20.1. The molecule has 4 rings (SSSR count). The van der Waals surface area contributed by atoms with E-state index in [0.717, 1.165) is 12.1 Å². The van der Waals surface area contributed by atoms with E-state index in [2.05, 4.69) is 9.62 Å². The van der Waals surface area contributed by atoms with Crippen LogP contribution in [-0.4, -0.2) is 44.5 Å². The Balaban J connectivity index is 1.35. The molecule has 0 amide bonds.